The van der Waals surface area contributed by atoms with Gasteiger partial charge in [-0.3, -0.25) is 9.59 Å². The molecule has 0 aliphatic carbocycles. The number of nitrogens with zero attached hydrogens (tertiary/aromatic N) is 1. The van der Waals surface area contributed by atoms with Gasteiger partial charge in [0.1, 0.15) is 17.3 Å². The number of Topliss-reactive ketones (excluding diaryl/α,β-unsaturated/α-hetero) is 1. The Bertz CT molecular complexity index is 1300. The highest BCUT2D eigenvalue weighted by atomic mass is 19.1. The maximum atomic E-state index is 13.4. The summed E-state index contributed by atoms with van der Waals surface area (Å²) in [5.41, 5.74) is 1.38. The van der Waals surface area contributed by atoms with E-state index in [1.54, 1.807) is 24.3 Å². The van der Waals surface area contributed by atoms with Crippen LogP contribution >= 0.6 is 0 Å². The second-order valence-electron chi connectivity index (χ2n) is 8.03. The van der Waals surface area contributed by atoms with E-state index in [2.05, 4.69) is 0 Å². The van der Waals surface area contributed by atoms with E-state index in [9.17, 15) is 24.2 Å². The lowest BCUT2D eigenvalue weighted by Gasteiger charge is -2.25. The van der Waals surface area contributed by atoms with Gasteiger partial charge in [0.15, 0.2) is 11.5 Å². The first-order valence-corrected chi connectivity index (χ1v) is 10.9. The van der Waals surface area contributed by atoms with E-state index in [0.717, 1.165) is 17.7 Å². The van der Waals surface area contributed by atoms with E-state index in [1.807, 2.05) is 6.07 Å². The Balaban J connectivity index is 1.74. The van der Waals surface area contributed by atoms with Crippen LogP contribution in [0.2, 0.25) is 0 Å². The Morgan fingerprint density at radius 1 is 0.971 bits per heavy atom. The maximum Gasteiger partial charge on any atom is 0.295 e. The summed E-state index contributed by atoms with van der Waals surface area (Å²) in [7, 11) is 3.06. The highest BCUT2D eigenvalue weighted by Gasteiger charge is 2.45. The number of ketones is 1. The zero-order valence-corrected chi connectivity index (χ0v) is 19.2. The molecule has 1 aliphatic rings. The first-order chi connectivity index (χ1) is 16.8. The largest absolute Gasteiger partial charge is 0.508 e. The first kappa shape index (κ1) is 23.8. The Morgan fingerprint density at radius 2 is 1.69 bits per heavy atom. The topological polar surface area (TPSA) is 96.3 Å². The molecule has 0 bridgehead atoms. The normalized spacial score (nSPS) is 17.0. The van der Waals surface area contributed by atoms with Crippen molar-refractivity contribution in [1.29, 1.82) is 0 Å². The quantitative estimate of drug-likeness (QED) is 0.301. The lowest BCUT2D eigenvalue weighted by molar-refractivity contribution is -0.139. The minimum Gasteiger partial charge on any atom is -0.508 e. The predicted molar refractivity (Wildman–Crippen MR) is 127 cm³/mol. The van der Waals surface area contributed by atoms with Crippen molar-refractivity contribution in [2.24, 2.45) is 0 Å². The fourth-order valence-corrected chi connectivity index (χ4v) is 4.20. The number of hydrogen-bond donors (Lipinski definition) is 2. The molecule has 0 radical (unpaired) electrons. The highest BCUT2D eigenvalue weighted by Crippen LogP contribution is 2.40. The van der Waals surface area contributed by atoms with Crippen LogP contribution in [-0.2, 0) is 16.0 Å². The number of hydrogen-bond acceptors (Lipinski definition) is 6. The Kier molecular flexibility index (Phi) is 6.73. The molecule has 0 aromatic heterocycles. The number of benzene rings is 3. The van der Waals surface area contributed by atoms with Crippen LogP contribution in [0.3, 0.4) is 0 Å². The van der Waals surface area contributed by atoms with Crippen molar-refractivity contribution in [3.8, 4) is 17.2 Å². The molecule has 1 heterocycles. The maximum absolute atomic E-state index is 13.4. The van der Waals surface area contributed by atoms with Gasteiger partial charge in [0.2, 0.25) is 0 Å². The number of aliphatic hydroxyl groups is 1. The summed E-state index contributed by atoms with van der Waals surface area (Å²) in [6.07, 6.45) is 0.388. The molecule has 1 amide bonds. The monoisotopic (exact) mass is 477 g/mol. The molecule has 3 aromatic carbocycles. The summed E-state index contributed by atoms with van der Waals surface area (Å²) in [4.78, 5) is 27.5. The number of rotatable bonds is 7. The van der Waals surface area contributed by atoms with E-state index >= 15 is 0 Å². The molecular weight excluding hydrogens is 453 g/mol. The summed E-state index contributed by atoms with van der Waals surface area (Å²) in [5.74, 6) is -1.49. The van der Waals surface area contributed by atoms with Crippen LogP contribution in [0.1, 0.15) is 22.7 Å². The third-order valence-corrected chi connectivity index (χ3v) is 5.93. The van der Waals surface area contributed by atoms with Crippen LogP contribution in [0, 0.1) is 5.82 Å². The molecule has 0 spiro atoms. The number of aliphatic hydroxyl groups excluding tert-OH is 1. The average molecular weight is 477 g/mol. The van der Waals surface area contributed by atoms with Gasteiger partial charge in [-0.2, -0.15) is 0 Å². The van der Waals surface area contributed by atoms with Crippen LogP contribution in [0.4, 0.5) is 4.39 Å². The zero-order chi connectivity index (χ0) is 25.1. The van der Waals surface area contributed by atoms with Crippen molar-refractivity contribution >= 4 is 17.4 Å². The molecule has 1 saturated heterocycles. The number of likely N-dealkylation sites (tertiary alicyclic amines) is 1. The van der Waals surface area contributed by atoms with Gasteiger partial charge < -0.3 is 24.6 Å². The van der Waals surface area contributed by atoms with Crippen molar-refractivity contribution in [2.75, 3.05) is 20.8 Å². The number of halogens is 1. The van der Waals surface area contributed by atoms with E-state index in [4.69, 9.17) is 9.47 Å². The average Bonchev–Trinajstić information content (AvgIpc) is 3.12. The van der Waals surface area contributed by atoms with E-state index in [1.165, 1.54) is 43.4 Å². The minimum atomic E-state index is -0.938. The van der Waals surface area contributed by atoms with Crippen LogP contribution in [0.5, 0.6) is 17.2 Å². The summed E-state index contributed by atoms with van der Waals surface area (Å²) in [6, 6.07) is 15.6. The van der Waals surface area contributed by atoms with Gasteiger partial charge in [0.05, 0.1) is 25.8 Å². The van der Waals surface area contributed by atoms with Crippen LogP contribution in [-0.4, -0.2) is 47.6 Å². The molecule has 0 saturated carbocycles. The number of methoxy groups -OCH3 is 2. The van der Waals surface area contributed by atoms with Gasteiger partial charge in [0.25, 0.3) is 11.7 Å². The molecule has 8 heteroatoms. The molecular formula is C27H24FNO6. The summed E-state index contributed by atoms with van der Waals surface area (Å²) >= 11 is 0. The Labute approximate surface area is 201 Å². The summed E-state index contributed by atoms with van der Waals surface area (Å²) < 4.78 is 24.0. The third-order valence-electron chi connectivity index (χ3n) is 5.93. The number of phenolic OH excluding ortho intramolecular Hbond substituents is 1. The summed E-state index contributed by atoms with van der Waals surface area (Å²) in [6.45, 7) is 0.153. The lowest BCUT2D eigenvalue weighted by atomic mass is 9.95. The highest BCUT2D eigenvalue weighted by molar-refractivity contribution is 6.46. The fraction of sp³-hybridized carbons (Fsp3) is 0.185. The van der Waals surface area contributed by atoms with Gasteiger partial charge in [-0.05, 0) is 66.1 Å². The molecule has 1 unspecified atom stereocenters. The van der Waals surface area contributed by atoms with Crippen LogP contribution in [0.15, 0.2) is 72.3 Å². The van der Waals surface area contributed by atoms with E-state index in [-0.39, 0.29) is 23.4 Å². The zero-order valence-electron chi connectivity index (χ0n) is 19.2. The van der Waals surface area contributed by atoms with Gasteiger partial charge in [-0.25, -0.2) is 4.39 Å². The smallest absolute Gasteiger partial charge is 0.295 e. The standard InChI is InChI=1S/C27H24FNO6/c1-34-21-11-6-16(14-22(21)35-2)12-13-29-24(18-4-3-5-20(30)15-18)23(26(32)27(29)33)25(31)17-7-9-19(28)10-8-17/h3-11,14-15,24,30-31H,12-13H2,1-2H3/b25-23-. The minimum absolute atomic E-state index is 0.0465. The lowest BCUT2D eigenvalue weighted by Crippen LogP contribution is -2.31. The van der Waals surface area contributed by atoms with Crippen LogP contribution in [0.25, 0.3) is 5.76 Å². The SMILES string of the molecule is COc1ccc(CCN2C(=O)C(=O)/C(=C(\O)c3ccc(F)cc3)C2c2cccc(O)c2)cc1OC. The van der Waals surface area contributed by atoms with Crippen LogP contribution < -0.4 is 9.47 Å². The Morgan fingerprint density at radius 3 is 2.34 bits per heavy atom. The van der Waals surface area contributed by atoms with E-state index < -0.39 is 29.3 Å². The molecule has 1 fully saturated rings. The van der Waals surface area contributed by atoms with Crippen molar-refractivity contribution in [3.05, 3.63) is 94.8 Å². The molecule has 1 atom stereocenters. The number of carbonyl (C=O) groups excluding carboxylic acids is 2. The molecule has 3 aromatic rings. The van der Waals surface area contributed by atoms with Gasteiger partial charge >= 0.3 is 0 Å². The van der Waals surface area contributed by atoms with Gasteiger partial charge in [0, 0.05) is 12.1 Å². The summed E-state index contributed by atoms with van der Waals surface area (Å²) in [5, 5.41) is 21.0. The molecule has 35 heavy (non-hydrogen) atoms. The molecule has 7 nitrogen and oxygen atoms in total. The van der Waals surface area contributed by atoms with Crippen molar-refractivity contribution in [2.45, 2.75) is 12.5 Å². The van der Waals surface area contributed by atoms with Gasteiger partial charge in [-0.15, -0.1) is 0 Å². The molecule has 1 aliphatic heterocycles. The number of aromatic hydroxyl groups is 1. The number of carbonyl (C=O) groups is 2. The third kappa shape index (κ3) is 4.68. The number of ether oxygens (including phenoxy) is 2. The van der Waals surface area contributed by atoms with Crippen molar-refractivity contribution < 1.29 is 33.7 Å². The van der Waals surface area contributed by atoms with Crippen molar-refractivity contribution in [3.63, 3.8) is 0 Å². The molecule has 4 rings (SSSR count). The predicted octanol–water partition coefficient (Wildman–Crippen LogP) is 4.21. The van der Waals surface area contributed by atoms with E-state index in [0.29, 0.717) is 23.5 Å². The molecule has 180 valence electrons. The van der Waals surface area contributed by atoms with Crippen molar-refractivity contribution in [1.82, 2.24) is 4.90 Å². The molecule has 2 N–H and O–H groups in total. The fourth-order valence-electron chi connectivity index (χ4n) is 4.20. The number of phenols is 1. The Hall–Kier alpha value is -4.33. The number of amides is 1. The van der Waals surface area contributed by atoms with Gasteiger partial charge in [-0.1, -0.05) is 18.2 Å². The second kappa shape index (κ2) is 9.89. The first-order valence-electron chi connectivity index (χ1n) is 10.9. The second-order valence-corrected chi connectivity index (χ2v) is 8.03.